The van der Waals surface area contributed by atoms with Gasteiger partial charge in [0, 0.05) is 59.6 Å². The molecule has 2 atom stereocenters. The fraction of sp³-hybridized carbons (Fsp3) is 0.375. The number of rotatable bonds is 16. The van der Waals surface area contributed by atoms with Crippen LogP contribution in [0, 0.1) is 0 Å². The average Bonchev–Trinajstić information content (AvgIpc) is 3.30. The summed E-state index contributed by atoms with van der Waals surface area (Å²) < 4.78 is 23.1. The van der Waals surface area contributed by atoms with E-state index in [-0.39, 0.29) is 141 Å². The van der Waals surface area contributed by atoms with Gasteiger partial charge in [0.1, 0.15) is 23.0 Å². The highest BCUT2D eigenvalue weighted by Crippen LogP contribution is 2.46. The van der Waals surface area contributed by atoms with Crippen LogP contribution in [0.4, 0.5) is 0 Å². The van der Waals surface area contributed by atoms with Crippen molar-refractivity contribution in [1.82, 2.24) is 31.1 Å². The van der Waals surface area contributed by atoms with Crippen LogP contribution >= 0.6 is 0 Å². The van der Waals surface area contributed by atoms with E-state index in [1.54, 1.807) is 27.7 Å². The van der Waals surface area contributed by atoms with Crippen LogP contribution < -0.4 is 40.2 Å². The first-order valence-electron chi connectivity index (χ1n) is 22.6. The van der Waals surface area contributed by atoms with Crippen molar-refractivity contribution in [2.24, 2.45) is 0 Å². The van der Waals surface area contributed by atoms with Crippen LogP contribution in [0.5, 0.6) is 23.0 Å². The van der Waals surface area contributed by atoms with Crippen molar-refractivity contribution in [3.05, 3.63) is 68.8 Å². The second kappa shape index (κ2) is 17.7. The molecule has 4 aromatic carbocycles. The van der Waals surface area contributed by atoms with Crippen LogP contribution in [-0.2, 0) is 9.59 Å². The Balaban J connectivity index is 0.896. The Morgan fingerprint density at radius 2 is 0.809 bits per heavy atom. The molecule has 0 aromatic heterocycles. The van der Waals surface area contributed by atoms with E-state index in [2.05, 4.69) is 21.3 Å². The first-order chi connectivity index (χ1) is 32.7. The van der Waals surface area contributed by atoms with Crippen molar-refractivity contribution in [1.29, 1.82) is 0 Å². The highest BCUT2D eigenvalue weighted by atomic mass is 16.5. The van der Waals surface area contributed by atoms with Gasteiger partial charge in [0.05, 0.1) is 70.9 Å². The minimum atomic E-state index is -0.775. The lowest BCUT2D eigenvalue weighted by Crippen LogP contribution is -2.54. The van der Waals surface area contributed by atoms with E-state index in [1.807, 2.05) is 0 Å². The van der Waals surface area contributed by atoms with E-state index in [0.29, 0.717) is 12.8 Å². The molecule has 10 amide bonds. The first kappa shape index (κ1) is 45.3. The summed E-state index contributed by atoms with van der Waals surface area (Å²) in [6.45, 7) is 6.54. The standard InChI is InChI=1S/C48H46N6O14/c1-5-65-27-19-23-35-33-21(41(57)51-43(59)37(27)33)17-29(67-7-3)39(35)47(63)53(45(23)61)15-13-31(55)49-25-11-9-10-12-26(25)50-32(56)14-16-54-46(62)24-20-28(66-6-2)38-34-22(42(58)52-44(38)60)18-30(68-8-4)40(36(24)34)48(54)64/h17-20,25-26H,5-16H2,1-4H3,(H,49,55)(H,50,56)(H,51,57,59)(H,52,58,60). The second-order valence-electron chi connectivity index (χ2n) is 16.6. The molecular weight excluding hydrogens is 885 g/mol. The van der Waals surface area contributed by atoms with Gasteiger partial charge in [-0.25, -0.2) is 0 Å². The van der Waals surface area contributed by atoms with Gasteiger partial charge < -0.3 is 29.6 Å². The Labute approximate surface area is 387 Å². The lowest BCUT2D eigenvalue weighted by molar-refractivity contribution is -0.125. The number of carbonyl (C=O) groups is 10. The average molecular weight is 931 g/mol. The molecule has 1 fully saturated rings. The zero-order valence-corrected chi connectivity index (χ0v) is 37.6. The van der Waals surface area contributed by atoms with E-state index < -0.39 is 71.2 Å². The van der Waals surface area contributed by atoms with E-state index in [1.165, 1.54) is 24.3 Å². The Morgan fingerprint density at radius 3 is 1.16 bits per heavy atom. The minimum Gasteiger partial charge on any atom is -0.493 e. The number of hydrogen-bond donors (Lipinski definition) is 4. The second-order valence-corrected chi connectivity index (χ2v) is 16.6. The monoisotopic (exact) mass is 930 g/mol. The molecule has 4 N–H and O–H groups in total. The summed E-state index contributed by atoms with van der Waals surface area (Å²) >= 11 is 0. The maximum atomic E-state index is 14.2. The normalized spacial score (nSPS) is 18.2. The number of nitrogens with zero attached hydrogens (tertiary/aromatic N) is 2. The van der Waals surface area contributed by atoms with Gasteiger partial charge in [-0.15, -0.1) is 0 Å². The van der Waals surface area contributed by atoms with Gasteiger partial charge in [-0.3, -0.25) is 68.4 Å². The molecule has 2 unspecified atom stereocenters. The van der Waals surface area contributed by atoms with Gasteiger partial charge in [-0.1, -0.05) is 12.8 Å². The molecule has 0 bridgehead atoms. The van der Waals surface area contributed by atoms with Gasteiger partial charge in [0.25, 0.3) is 47.3 Å². The van der Waals surface area contributed by atoms with E-state index in [9.17, 15) is 47.9 Å². The number of hydrogen-bond acceptors (Lipinski definition) is 14. The number of ether oxygens (including phenoxy) is 4. The predicted molar refractivity (Wildman–Crippen MR) is 238 cm³/mol. The summed E-state index contributed by atoms with van der Waals surface area (Å²) in [7, 11) is 0. The van der Waals surface area contributed by atoms with Crippen molar-refractivity contribution in [2.45, 2.75) is 78.3 Å². The molecule has 0 saturated heterocycles. The number of imide groups is 4. The van der Waals surface area contributed by atoms with Crippen molar-refractivity contribution in [3.63, 3.8) is 0 Å². The lowest BCUT2D eigenvalue weighted by Gasteiger charge is -2.34. The molecule has 68 heavy (non-hydrogen) atoms. The molecule has 4 aromatic rings. The molecule has 352 valence electrons. The summed E-state index contributed by atoms with van der Waals surface area (Å²) in [6, 6.07) is 4.36. The minimum absolute atomic E-state index is 0.00407. The molecule has 0 spiro atoms. The number of amides is 10. The molecule has 5 aliphatic rings. The van der Waals surface area contributed by atoms with Gasteiger partial charge in [-0.05, 0) is 64.8 Å². The first-order valence-corrected chi connectivity index (χ1v) is 22.6. The summed E-state index contributed by atoms with van der Waals surface area (Å²) in [5.74, 6) is -6.86. The summed E-state index contributed by atoms with van der Waals surface area (Å²) in [5, 5.41) is 10.8. The number of benzene rings is 4. The maximum absolute atomic E-state index is 14.2. The lowest BCUT2D eigenvalue weighted by atomic mass is 9.85. The fourth-order valence-corrected chi connectivity index (χ4v) is 9.90. The molecule has 1 saturated carbocycles. The van der Waals surface area contributed by atoms with Gasteiger partial charge in [-0.2, -0.15) is 0 Å². The van der Waals surface area contributed by atoms with Crippen LogP contribution in [0.25, 0.3) is 21.5 Å². The van der Waals surface area contributed by atoms with Crippen molar-refractivity contribution in [2.75, 3.05) is 39.5 Å². The third-order valence-corrected chi connectivity index (χ3v) is 12.7. The Morgan fingerprint density at radius 1 is 0.485 bits per heavy atom. The smallest absolute Gasteiger partial charge is 0.265 e. The van der Waals surface area contributed by atoms with Crippen LogP contribution in [0.1, 0.15) is 149 Å². The van der Waals surface area contributed by atoms with E-state index in [4.69, 9.17) is 18.9 Å². The topological polar surface area (TPSA) is 262 Å². The largest absolute Gasteiger partial charge is 0.493 e. The Hall–Kier alpha value is -7.90. The molecule has 9 rings (SSSR count). The van der Waals surface area contributed by atoms with Gasteiger partial charge in [0.2, 0.25) is 11.8 Å². The highest BCUT2D eigenvalue weighted by Gasteiger charge is 2.44. The SMILES string of the molecule is CCOc1cc2c3c(c(OCC)cc4c3c1C(=O)NC4=O)C(=O)N(CCC(=O)NC1CCCCC1NC(=O)CCN1C(=O)c3cc(OCC)c4c5c(cc(OCC)c(c35)C1=O)C(=O)NC4=O)C2=O. The maximum Gasteiger partial charge on any atom is 0.265 e. The molecule has 20 nitrogen and oxygen atoms in total. The molecule has 20 heteroatoms. The van der Waals surface area contributed by atoms with Crippen LogP contribution in [0.2, 0.25) is 0 Å². The number of nitrogens with one attached hydrogen (secondary N) is 4. The highest BCUT2D eigenvalue weighted by molar-refractivity contribution is 6.36. The third-order valence-electron chi connectivity index (χ3n) is 12.7. The Kier molecular flexibility index (Phi) is 11.8. The Bertz CT molecular complexity index is 2800. The summed E-state index contributed by atoms with van der Waals surface area (Å²) in [4.78, 5) is 138. The van der Waals surface area contributed by atoms with Crippen molar-refractivity contribution >= 4 is 80.6 Å². The predicted octanol–water partition coefficient (Wildman–Crippen LogP) is 3.57. The summed E-state index contributed by atoms with van der Waals surface area (Å²) in [6.07, 6.45) is 1.85. The van der Waals surface area contributed by atoms with E-state index in [0.717, 1.165) is 22.6 Å². The van der Waals surface area contributed by atoms with Crippen molar-refractivity contribution < 1.29 is 66.9 Å². The van der Waals surface area contributed by atoms with Crippen LogP contribution in [0.15, 0.2) is 24.3 Å². The quantitative estimate of drug-likeness (QED) is 0.117. The zero-order valence-electron chi connectivity index (χ0n) is 37.6. The van der Waals surface area contributed by atoms with Crippen molar-refractivity contribution in [3.8, 4) is 23.0 Å². The summed E-state index contributed by atoms with van der Waals surface area (Å²) in [5.41, 5.74) is 0.0268. The molecule has 0 radical (unpaired) electrons. The van der Waals surface area contributed by atoms with E-state index >= 15 is 0 Å². The molecule has 1 aliphatic carbocycles. The van der Waals surface area contributed by atoms with Crippen LogP contribution in [0.3, 0.4) is 0 Å². The third kappa shape index (κ3) is 7.30. The number of carbonyl (C=O) groups excluding carboxylic acids is 10. The van der Waals surface area contributed by atoms with Crippen LogP contribution in [-0.4, -0.2) is 120 Å². The fourth-order valence-electron chi connectivity index (χ4n) is 9.90. The zero-order chi connectivity index (χ0) is 48.3. The molecule has 4 aliphatic heterocycles. The van der Waals surface area contributed by atoms with Gasteiger partial charge in [0.15, 0.2) is 0 Å². The van der Waals surface area contributed by atoms with Gasteiger partial charge >= 0.3 is 0 Å². The molecular formula is C48H46N6O14. The molecule has 4 heterocycles.